The van der Waals surface area contributed by atoms with Gasteiger partial charge in [0.2, 0.25) is 5.88 Å². The number of anilines is 2. The van der Waals surface area contributed by atoms with Crippen molar-refractivity contribution in [3.63, 3.8) is 0 Å². The van der Waals surface area contributed by atoms with E-state index in [4.69, 9.17) is 20.2 Å². The number of carbonyl (C=O) groups is 1. The van der Waals surface area contributed by atoms with Crippen molar-refractivity contribution in [2.75, 3.05) is 17.3 Å². The van der Waals surface area contributed by atoms with E-state index in [1.165, 1.54) is 6.26 Å². The Kier molecular flexibility index (Phi) is 7.00. The van der Waals surface area contributed by atoms with Gasteiger partial charge >= 0.3 is 5.97 Å². The number of nitrogens with one attached hydrogen (secondary N) is 1. The van der Waals surface area contributed by atoms with Gasteiger partial charge in [0, 0.05) is 30.1 Å². The summed E-state index contributed by atoms with van der Waals surface area (Å²) in [6.07, 6.45) is 6.41. The minimum atomic E-state index is -3.01. The monoisotopic (exact) mass is 553 g/mol. The molecule has 3 aromatic rings. The number of pyridine rings is 3. The van der Waals surface area contributed by atoms with E-state index >= 15 is 0 Å². The topological polar surface area (TPSA) is 146 Å². The molecule has 208 valence electrons. The number of hydrogen-bond donors (Lipinski definition) is 2. The third-order valence-corrected chi connectivity index (χ3v) is 9.00. The number of carbonyl (C=O) groups excluding carboxylic acids is 1. The van der Waals surface area contributed by atoms with Crippen molar-refractivity contribution in [1.82, 2.24) is 15.0 Å². The lowest BCUT2D eigenvalue weighted by atomic mass is 9.84. The van der Waals surface area contributed by atoms with Gasteiger partial charge in [-0.05, 0) is 68.2 Å². The van der Waals surface area contributed by atoms with Gasteiger partial charge in [-0.1, -0.05) is 13.8 Å². The van der Waals surface area contributed by atoms with E-state index in [0.29, 0.717) is 48.0 Å². The van der Waals surface area contributed by atoms with Crippen LogP contribution in [-0.2, 0) is 20.1 Å². The normalized spacial score (nSPS) is 24.3. The number of hydrogen-bond acceptors (Lipinski definition) is 10. The van der Waals surface area contributed by atoms with Crippen LogP contribution in [0.3, 0.4) is 0 Å². The van der Waals surface area contributed by atoms with Gasteiger partial charge < -0.3 is 20.5 Å². The average Bonchev–Trinajstić information content (AvgIpc) is 2.85. The highest BCUT2D eigenvalue weighted by Gasteiger charge is 2.34. The Labute approximate surface area is 228 Å². The van der Waals surface area contributed by atoms with Crippen LogP contribution in [0.25, 0.3) is 10.8 Å². The van der Waals surface area contributed by atoms with Crippen molar-refractivity contribution in [3.05, 3.63) is 47.4 Å². The van der Waals surface area contributed by atoms with Crippen molar-refractivity contribution in [2.45, 2.75) is 70.6 Å². The van der Waals surface area contributed by atoms with Crippen LogP contribution in [0.15, 0.2) is 30.6 Å². The summed E-state index contributed by atoms with van der Waals surface area (Å²) in [5.74, 6) is 1.47. The molecule has 5 rings (SSSR count). The Morgan fingerprint density at radius 2 is 1.90 bits per heavy atom. The second-order valence-electron chi connectivity index (χ2n) is 11.2. The van der Waals surface area contributed by atoms with Gasteiger partial charge in [0.15, 0.2) is 0 Å². The summed E-state index contributed by atoms with van der Waals surface area (Å²) in [7, 11) is -3.01. The molecule has 39 heavy (non-hydrogen) atoms. The molecule has 10 nitrogen and oxygen atoms in total. The quantitative estimate of drug-likeness (QED) is 0.389. The summed E-state index contributed by atoms with van der Waals surface area (Å²) in [6, 6.07) is 5.37. The molecule has 0 saturated heterocycles. The van der Waals surface area contributed by atoms with Crippen LogP contribution in [-0.4, -0.2) is 53.6 Å². The molecule has 0 spiro atoms. The third kappa shape index (κ3) is 5.56. The molecule has 1 fully saturated rings. The molecule has 3 N–H and O–H groups in total. The van der Waals surface area contributed by atoms with E-state index in [2.05, 4.69) is 15.3 Å². The van der Waals surface area contributed by atoms with Crippen molar-refractivity contribution in [1.29, 1.82) is 0 Å². The first-order chi connectivity index (χ1) is 18.3. The van der Waals surface area contributed by atoms with Gasteiger partial charge in [-0.15, -0.1) is 0 Å². The summed E-state index contributed by atoms with van der Waals surface area (Å²) >= 11 is 0. The van der Waals surface area contributed by atoms with E-state index in [0.717, 1.165) is 16.3 Å². The number of nitrogens with two attached hydrogens (primary N) is 1. The number of nitrogens with zero attached hydrogens (tertiary/aromatic N) is 3. The van der Waals surface area contributed by atoms with Gasteiger partial charge in [0.05, 0.1) is 22.4 Å². The summed E-state index contributed by atoms with van der Waals surface area (Å²) in [4.78, 5) is 26.2. The Bertz CT molecular complexity index is 1530. The van der Waals surface area contributed by atoms with Gasteiger partial charge in [0.1, 0.15) is 33.7 Å². The molecule has 0 unspecified atom stereocenters. The van der Waals surface area contributed by atoms with E-state index < -0.39 is 15.4 Å². The lowest BCUT2D eigenvalue weighted by molar-refractivity contribution is 0.0235. The number of ether oxygens (including phenoxy) is 2. The third-order valence-electron chi connectivity index (χ3n) is 7.92. The van der Waals surface area contributed by atoms with Crippen LogP contribution in [0.4, 0.5) is 11.6 Å². The number of esters is 1. The van der Waals surface area contributed by atoms with Crippen LogP contribution in [0, 0.1) is 5.92 Å². The molecule has 0 aromatic carbocycles. The Balaban J connectivity index is 1.45. The van der Waals surface area contributed by atoms with E-state index in [1.54, 1.807) is 24.5 Å². The Morgan fingerprint density at radius 1 is 1.15 bits per heavy atom. The molecule has 1 aliphatic carbocycles. The number of cyclic esters (lactones) is 1. The van der Waals surface area contributed by atoms with Gasteiger partial charge in [0.25, 0.3) is 0 Å². The highest BCUT2D eigenvalue weighted by atomic mass is 32.2. The molecule has 2 aliphatic rings. The second-order valence-corrected chi connectivity index (χ2v) is 13.4. The molecular formula is C28H35N5O5S. The largest absolute Gasteiger partial charge is 0.474 e. The first-order valence-electron chi connectivity index (χ1n) is 13.3. The zero-order valence-corrected chi connectivity index (χ0v) is 23.7. The summed E-state index contributed by atoms with van der Waals surface area (Å²) in [5, 5.41) is 4.87. The van der Waals surface area contributed by atoms with Crippen LogP contribution >= 0.6 is 0 Å². The van der Waals surface area contributed by atoms with Crippen LogP contribution in [0.1, 0.15) is 74.5 Å². The molecule has 3 atom stereocenters. The minimum absolute atomic E-state index is 0.0348. The first kappa shape index (κ1) is 27.3. The molecule has 11 heteroatoms. The fraction of sp³-hybridized carbons (Fsp3) is 0.500. The molecule has 1 saturated carbocycles. The Morgan fingerprint density at radius 3 is 2.59 bits per heavy atom. The van der Waals surface area contributed by atoms with Gasteiger partial charge in [-0.3, -0.25) is 0 Å². The van der Waals surface area contributed by atoms with E-state index in [-0.39, 0.29) is 35.8 Å². The maximum Gasteiger partial charge on any atom is 0.340 e. The van der Waals surface area contributed by atoms with E-state index in [1.807, 2.05) is 33.8 Å². The first-order valence-corrected chi connectivity index (χ1v) is 15.3. The van der Waals surface area contributed by atoms with Crippen LogP contribution in [0.5, 0.6) is 5.88 Å². The second kappa shape index (κ2) is 10.0. The van der Waals surface area contributed by atoms with Crippen molar-refractivity contribution in [3.8, 4) is 5.88 Å². The minimum Gasteiger partial charge on any atom is -0.474 e. The number of rotatable bonds is 8. The highest BCUT2D eigenvalue weighted by molar-refractivity contribution is 7.90. The zero-order valence-electron chi connectivity index (χ0n) is 22.9. The zero-order chi connectivity index (χ0) is 28.1. The van der Waals surface area contributed by atoms with Crippen molar-refractivity contribution < 1.29 is 22.7 Å². The van der Waals surface area contributed by atoms with Crippen molar-refractivity contribution in [2.24, 2.45) is 11.7 Å². The standard InChI is InChI=1S/C28H35N5O5S/c1-6-28(4,29)22-13-31-26(38-18-9-17(10-18)14-39(5,35)36)21-12-30-24(11-20(21)22)32-23-8-7-19-25(33-23)15(2)16(3)37-27(19)34/h7-8,11-13,15-18H,6,9-10,14,29H2,1-5H3,(H,30,32,33)/t15-,16-,17?,18?,28+/m0/s1. The molecule has 0 bridgehead atoms. The lowest BCUT2D eigenvalue weighted by Gasteiger charge is -2.35. The van der Waals surface area contributed by atoms with Gasteiger partial charge in [-0.2, -0.15) is 0 Å². The number of aromatic nitrogens is 3. The molecule has 1 aliphatic heterocycles. The predicted octanol–water partition coefficient (Wildman–Crippen LogP) is 4.22. The lowest BCUT2D eigenvalue weighted by Crippen LogP contribution is -2.37. The highest BCUT2D eigenvalue weighted by Crippen LogP contribution is 2.38. The molecule has 0 amide bonds. The maximum atomic E-state index is 12.3. The van der Waals surface area contributed by atoms with Crippen LogP contribution in [0.2, 0.25) is 0 Å². The Hall–Kier alpha value is -3.31. The fourth-order valence-corrected chi connectivity index (χ4v) is 6.29. The molecule has 4 heterocycles. The summed E-state index contributed by atoms with van der Waals surface area (Å²) < 4.78 is 34.8. The molecule has 0 radical (unpaired) electrons. The number of fused-ring (bicyclic) bond motifs is 2. The molecular weight excluding hydrogens is 518 g/mol. The maximum absolute atomic E-state index is 12.3. The van der Waals surface area contributed by atoms with Crippen molar-refractivity contribution >= 4 is 38.2 Å². The fourth-order valence-electron chi connectivity index (χ4n) is 5.16. The SMILES string of the molecule is CC[C@@](C)(N)c1cnc(OC2CC(CS(C)(=O)=O)C2)c2cnc(Nc3ccc4c(n3)[C@@H](C)[C@H](C)OC4=O)cc12. The summed E-state index contributed by atoms with van der Waals surface area (Å²) in [5.41, 5.74) is 8.06. The van der Waals surface area contributed by atoms with Crippen LogP contribution < -0.4 is 15.8 Å². The van der Waals surface area contributed by atoms with Gasteiger partial charge in [-0.25, -0.2) is 28.2 Å². The summed E-state index contributed by atoms with van der Waals surface area (Å²) in [6.45, 7) is 7.84. The molecule has 3 aromatic heterocycles. The predicted molar refractivity (Wildman–Crippen MR) is 149 cm³/mol. The number of sulfone groups is 1. The smallest absolute Gasteiger partial charge is 0.340 e. The average molecular weight is 554 g/mol. The van der Waals surface area contributed by atoms with E-state index in [9.17, 15) is 13.2 Å².